The zero-order valence-electron chi connectivity index (χ0n) is 14.6. The number of hydrogen-bond acceptors (Lipinski definition) is 5. The topological polar surface area (TPSA) is 68.7 Å². The highest BCUT2D eigenvalue weighted by Gasteiger charge is 2.33. The minimum atomic E-state index is -0.839. The average molecular weight is 343 g/mol. The van der Waals surface area contributed by atoms with E-state index in [0.29, 0.717) is 5.69 Å². The standard InChI is InChI=1S/C16H23ClN2O4/c1-10-8-11(9-12(17)18-10)19(13(20)22-15(2,3)4)14(21)23-16(5,6)7/h8-9H,1-7H3. The lowest BCUT2D eigenvalue weighted by molar-refractivity contribution is 0.0431. The van der Waals surface area contributed by atoms with E-state index >= 15 is 0 Å². The third kappa shape index (κ3) is 6.44. The molecule has 0 saturated heterocycles. The summed E-state index contributed by atoms with van der Waals surface area (Å²) in [5.74, 6) is 0. The molecule has 0 atom stereocenters. The van der Waals surface area contributed by atoms with Crippen molar-refractivity contribution in [2.75, 3.05) is 4.90 Å². The van der Waals surface area contributed by atoms with Gasteiger partial charge in [-0.2, -0.15) is 4.90 Å². The second-order valence-electron chi connectivity index (χ2n) is 7.09. The van der Waals surface area contributed by atoms with E-state index in [9.17, 15) is 9.59 Å². The van der Waals surface area contributed by atoms with Gasteiger partial charge in [0.25, 0.3) is 0 Å². The van der Waals surface area contributed by atoms with Crippen LogP contribution in [-0.2, 0) is 9.47 Å². The molecule has 23 heavy (non-hydrogen) atoms. The summed E-state index contributed by atoms with van der Waals surface area (Å²) in [7, 11) is 0. The maximum Gasteiger partial charge on any atom is 0.424 e. The number of ether oxygens (including phenoxy) is 2. The second-order valence-corrected chi connectivity index (χ2v) is 7.47. The first-order chi connectivity index (χ1) is 10.3. The predicted octanol–water partition coefficient (Wildman–Crippen LogP) is 4.72. The first-order valence-corrected chi connectivity index (χ1v) is 7.56. The van der Waals surface area contributed by atoms with Crippen molar-refractivity contribution in [1.29, 1.82) is 0 Å². The van der Waals surface area contributed by atoms with E-state index < -0.39 is 23.4 Å². The van der Waals surface area contributed by atoms with Crippen LogP contribution >= 0.6 is 11.6 Å². The van der Waals surface area contributed by atoms with Crippen LogP contribution in [0.3, 0.4) is 0 Å². The van der Waals surface area contributed by atoms with Crippen molar-refractivity contribution in [2.24, 2.45) is 0 Å². The monoisotopic (exact) mass is 342 g/mol. The summed E-state index contributed by atoms with van der Waals surface area (Å²) in [4.78, 5) is 29.7. The molecule has 0 radical (unpaired) electrons. The van der Waals surface area contributed by atoms with Gasteiger partial charge in [0.2, 0.25) is 0 Å². The fraction of sp³-hybridized carbons (Fsp3) is 0.562. The Morgan fingerprint density at radius 1 is 1.00 bits per heavy atom. The molecule has 1 aromatic rings. The largest absolute Gasteiger partial charge is 0.443 e. The Morgan fingerprint density at radius 2 is 1.43 bits per heavy atom. The Labute approximate surface area is 141 Å². The number of hydrogen-bond donors (Lipinski definition) is 0. The van der Waals surface area contributed by atoms with Crippen LogP contribution in [0.5, 0.6) is 0 Å². The van der Waals surface area contributed by atoms with E-state index in [2.05, 4.69) is 4.98 Å². The highest BCUT2D eigenvalue weighted by Crippen LogP contribution is 2.24. The molecular formula is C16H23ClN2O4. The van der Waals surface area contributed by atoms with E-state index in [0.717, 1.165) is 4.90 Å². The summed E-state index contributed by atoms with van der Waals surface area (Å²) in [5.41, 5.74) is -0.720. The van der Waals surface area contributed by atoms with E-state index in [1.54, 1.807) is 54.5 Å². The number of halogens is 1. The number of pyridine rings is 1. The number of carbonyl (C=O) groups is 2. The van der Waals surface area contributed by atoms with Crippen molar-refractivity contribution in [2.45, 2.75) is 59.7 Å². The molecule has 6 nitrogen and oxygen atoms in total. The minimum absolute atomic E-state index is 0.164. The Hall–Kier alpha value is -1.82. The fourth-order valence-electron chi connectivity index (χ4n) is 1.64. The lowest BCUT2D eigenvalue weighted by atomic mass is 10.2. The van der Waals surface area contributed by atoms with Gasteiger partial charge in [-0.3, -0.25) is 0 Å². The molecule has 1 heterocycles. The van der Waals surface area contributed by atoms with Crippen LogP contribution in [0.1, 0.15) is 47.2 Å². The van der Waals surface area contributed by atoms with Crippen molar-refractivity contribution in [3.8, 4) is 0 Å². The molecular weight excluding hydrogens is 320 g/mol. The highest BCUT2D eigenvalue weighted by atomic mass is 35.5. The van der Waals surface area contributed by atoms with E-state index in [1.165, 1.54) is 6.07 Å². The summed E-state index contributed by atoms with van der Waals surface area (Å²) >= 11 is 5.93. The molecule has 0 aliphatic rings. The van der Waals surface area contributed by atoms with Crippen LogP contribution < -0.4 is 4.90 Å². The molecule has 1 aromatic heterocycles. The Balaban J connectivity index is 3.25. The molecule has 2 amide bonds. The third-order valence-corrected chi connectivity index (χ3v) is 2.51. The van der Waals surface area contributed by atoms with Gasteiger partial charge in [0, 0.05) is 11.8 Å². The van der Waals surface area contributed by atoms with Crippen LogP contribution in [0, 0.1) is 6.92 Å². The van der Waals surface area contributed by atoms with Gasteiger partial charge in [0.15, 0.2) is 0 Å². The molecule has 0 bridgehead atoms. The Bertz CT molecular complexity index is 555. The molecule has 0 saturated carbocycles. The van der Waals surface area contributed by atoms with Crippen LogP contribution in [0.2, 0.25) is 5.15 Å². The number of imide groups is 1. The highest BCUT2D eigenvalue weighted by molar-refractivity contribution is 6.30. The lowest BCUT2D eigenvalue weighted by Gasteiger charge is -2.28. The summed E-state index contributed by atoms with van der Waals surface area (Å²) in [6.07, 6.45) is -1.68. The number of aromatic nitrogens is 1. The number of amides is 2. The van der Waals surface area contributed by atoms with Crippen molar-refractivity contribution in [1.82, 2.24) is 4.98 Å². The average Bonchev–Trinajstić information content (AvgIpc) is 2.21. The van der Waals surface area contributed by atoms with Crippen LogP contribution in [0.25, 0.3) is 0 Å². The van der Waals surface area contributed by atoms with Gasteiger partial charge < -0.3 is 9.47 Å². The molecule has 0 aliphatic heterocycles. The molecule has 0 spiro atoms. The zero-order chi connectivity index (χ0) is 18.0. The number of nitrogens with zero attached hydrogens (tertiary/aromatic N) is 2. The first kappa shape index (κ1) is 19.2. The Morgan fingerprint density at radius 3 is 1.78 bits per heavy atom. The number of anilines is 1. The molecule has 0 aliphatic carbocycles. The van der Waals surface area contributed by atoms with Crippen molar-refractivity contribution < 1.29 is 19.1 Å². The van der Waals surface area contributed by atoms with Crippen molar-refractivity contribution in [3.63, 3.8) is 0 Å². The number of rotatable bonds is 1. The SMILES string of the molecule is Cc1cc(N(C(=O)OC(C)(C)C)C(=O)OC(C)(C)C)cc(Cl)n1. The van der Waals surface area contributed by atoms with E-state index in [1.807, 2.05) is 0 Å². The summed E-state index contributed by atoms with van der Waals surface area (Å²) in [6, 6.07) is 2.96. The van der Waals surface area contributed by atoms with E-state index in [-0.39, 0.29) is 10.8 Å². The fourth-order valence-corrected chi connectivity index (χ4v) is 1.89. The molecule has 0 unspecified atom stereocenters. The Kier molecular flexibility index (Phi) is 5.64. The summed E-state index contributed by atoms with van der Waals surface area (Å²) < 4.78 is 10.6. The zero-order valence-corrected chi connectivity index (χ0v) is 15.3. The third-order valence-electron chi connectivity index (χ3n) is 2.32. The van der Waals surface area contributed by atoms with Crippen LogP contribution in [0.15, 0.2) is 12.1 Å². The van der Waals surface area contributed by atoms with Gasteiger partial charge >= 0.3 is 12.2 Å². The molecule has 0 N–H and O–H groups in total. The maximum atomic E-state index is 12.4. The van der Waals surface area contributed by atoms with Gasteiger partial charge in [0.1, 0.15) is 16.4 Å². The smallest absolute Gasteiger partial charge is 0.424 e. The van der Waals surface area contributed by atoms with Crippen molar-refractivity contribution >= 4 is 29.5 Å². The molecule has 0 aromatic carbocycles. The maximum absolute atomic E-state index is 12.4. The van der Waals surface area contributed by atoms with Gasteiger partial charge in [-0.15, -0.1) is 0 Å². The number of carbonyl (C=O) groups excluding carboxylic acids is 2. The molecule has 1 rings (SSSR count). The van der Waals surface area contributed by atoms with Crippen LogP contribution in [0.4, 0.5) is 15.3 Å². The van der Waals surface area contributed by atoms with Gasteiger partial charge in [-0.1, -0.05) is 11.6 Å². The molecule has 128 valence electrons. The molecule has 7 heteroatoms. The lowest BCUT2D eigenvalue weighted by Crippen LogP contribution is -2.43. The molecule has 0 fully saturated rings. The quantitative estimate of drug-likeness (QED) is 0.690. The minimum Gasteiger partial charge on any atom is -0.443 e. The normalized spacial score (nSPS) is 11.8. The van der Waals surface area contributed by atoms with Gasteiger partial charge in [-0.25, -0.2) is 14.6 Å². The predicted molar refractivity (Wildman–Crippen MR) is 88.9 cm³/mol. The summed E-state index contributed by atoms with van der Waals surface area (Å²) in [5, 5.41) is 0.164. The first-order valence-electron chi connectivity index (χ1n) is 7.19. The van der Waals surface area contributed by atoms with Gasteiger partial charge in [-0.05, 0) is 54.5 Å². The van der Waals surface area contributed by atoms with Crippen molar-refractivity contribution in [3.05, 3.63) is 23.0 Å². The van der Waals surface area contributed by atoms with E-state index in [4.69, 9.17) is 21.1 Å². The van der Waals surface area contributed by atoms with Crippen LogP contribution in [-0.4, -0.2) is 28.4 Å². The number of aryl methyl sites for hydroxylation is 1. The summed E-state index contributed by atoms with van der Waals surface area (Å²) in [6.45, 7) is 12.0. The second kappa shape index (κ2) is 6.74. The van der Waals surface area contributed by atoms with Gasteiger partial charge in [0.05, 0.1) is 5.69 Å².